The Morgan fingerprint density at radius 1 is 1.32 bits per heavy atom. The molecule has 19 heavy (non-hydrogen) atoms. The molecule has 3 nitrogen and oxygen atoms in total. The minimum atomic E-state index is -0.122. The molecule has 0 saturated heterocycles. The summed E-state index contributed by atoms with van der Waals surface area (Å²) in [6, 6.07) is 9.22. The van der Waals surface area contributed by atoms with Crippen LogP contribution >= 0.6 is 0 Å². The van der Waals surface area contributed by atoms with Crippen LogP contribution in [0.1, 0.15) is 18.2 Å². The van der Waals surface area contributed by atoms with Crippen molar-refractivity contribution in [2.75, 3.05) is 6.54 Å². The molecule has 1 atom stereocenters. The molecule has 2 aromatic rings. The van der Waals surface area contributed by atoms with Crippen molar-refractivity contribution >= 4 is 0 Å². The third-order valence-electron chi connectivity index (χ3n) is 3.28. The van der Waals surface area contributed by atoms with Crippen LogP contribution in [0, 0.1) is 5.82 Å². The average Bonchev–Trinajstić information content (AvgIpc) is 2.78. The van der Waals surface area contributed by atoms with Gasteiger partial charge in [0.2, 0.25) is 0 Å². The molecule has 0 aliphatic rings. The van der Waals surface area contributed by atoms with Crippen LogP contribution in [0.5, 0.6) is 0 Å². The maximum absolute atomic E-state index is 13.5. The third kappa shape index (κ3) is 3.89. The van der Waals surface area contributed by atoms with Gasteiger partial charge in [0, 0.05) is 37.9 Å². The van der Waals surface area contributed by atoms with E-state index >= 15 is 0 Å². The predicted molar refractivity (Wildman–Crippen MR) is 74.5 cm³/mol. The van der Waals surface area contributed by atoms with Crippen molar-refractivity contribution in [1.82, 2.24) is 15.1 Å². The number of benzene rings is 1. The monoisotopic (exact) mass is 261 g/mol. The van der Waals surface area contributed by atoms with E-state index in [0.717, 1.165) is 18.5 Å². The maximum Gasteiger partial charge on any atom is 0.126 e. The highest BCUT2D eigenvalue weighted by Gasteiger charge is 2.07. The lowest BCUT2D eigenvalue weighted by molar-refractivity contribution is 0.523. The van der Waals surface area contributed by atoms with Crippen LogP contribution in [0.4, 0.5) is 4.39 Å². The van der Waals surface area contributed by atoms with E-state index in [1.165, 1.54) is 11.8 Å². The Labute approximate surface area is 113 Å². The third-order valence-corrected chi connectivity index (χ3v) is 3.28. The number of aromatic nitrogens is 2. The van der Waals surface area contributed by atoms with Gasteiger partial charge < -0.3 is 5.32 Å². The fourth-order valence-corrected chi connectivity index (χ4v) is 2.16. The van der Waals surface area contributed by atoms with Crippen LogP contribution in [-0.2, 0) is 19.9 Å². The second kappa shape index (κ2) is 6.48. The van der Waals surface area contributed by atoms with Gasteiger partial charge in [-0.2, -0.15) is 5.10 Å². The Morgan fingerprint density at radius 3 is 2.79 bits per heavy atom. The SMILES string of the molecule is CC(Cc1ccccc1F)NCCc1ccnn1C. The molecular weight excluding hydrogens is 241 g/mol. The molecule has 0 aliphatic carbocycles. The van der Waals surface area contributed by atoms with E-state index in [9.17, 15) is 4.39 Å². The van der Waals surface area contributed by atoms with E-state index in [1.807, 2.05) is 29.9 Å². The lowest BCUT2D eigenvalue weighted by Crippen LogP contribution is -2.30. The highest BCUT2D eigenvalue weighted by atomic mass is 19.1. The van der Waals surface area contributed by atoms with E-state index in [4.69, 9.17) is 0 Å². The van der Waals surface area contributed by atoms with Gasteiger partial charge in [-0.25, -0.2) is 4.39 Å². The van der Waals surface area contributed by atoms with Crippen LogP contribution < -0.4 is 5.32 Å². The summed E-state index contributed by atoms with van der Waals surface area (Å²) in [6.45, 7) is 2.95. The molecule has 1 unspecified atom stereocenters. The van der Waals surface area contributed by atoms with Gasteiger partial charge in [-0.3, -0.25) is 4.68 Å². The van der Waals surface area contributed by atoms with Crippen molar-refractivity contribution in [2.24, 2.45) is 7.05 Å². The molecule has 0 radical (unpaired) electrons. The number of nitrogens with one attached hydrogen (secondary N) is 1. The van der Waals surface area contributed by atoms with Crippen molar-refractivity contribution in [1.29, 1.82) is 0 Å². The minimum absolute atomic E-state index is 0.122. The molecule has 1 aromatic heterocycles. The Bertz CT molecular complexity index is 522. The second-order valence-electron chi connectivity index (χ2n) is 4.85. The van der Waals surface area contributed by atoms with Gasteiger partial charge in [-0.1, -0.05) is 18.2 Å². The van der Waals surface area contributed by atoms with Crippen LogP contribution in [0.15, 0.2) is 36.5 Å². The van der Waals surface area contributed by atoms with Crippen LogP contribution in [0.25, 0.3) is 0 Å². The number of hydrogen-bond acceptors (Lipinski definition) is 2. The molecular formula is C15H20FN3. The van der Waals surface area contributed by atoms with Crippen molar-refractivity contribution < 1.29 is 4.39 Å². The summed E-state index contributed by atoms with van der Waals surface area (Å²) in [4.78, 5) is 0. The second-order valence-corrected chi connectivity index (χ2v) is 4.85. The lowest BCUT2D eigenvalue weighted by atomic mass is 10.1. The molecule has 1 heterocycles. The Morgan fingerprint density at radius 2 is 2.11 bits per heavy atom. The van der Waals surface area contributed by atoms with Crippen molar-refractivity contribution in [2.45, 2.75) is 25.8 Å². The number of hydrogen-bond donors (Lipinski definition) is 1. The van der Waals surface area contributed by atoms with E-state index in [2.05, 4.69) is 17.3 Å². The molecule has 0 aliphatic heterocycles. The van der Waals surface area contributed by atoms with Gasteiger partial charge in [0.1, 0.15) is 5.82 Å². The largest absolute Gasteiger partial charge is 0.314 e. The number of rotatable bonds is 6. The molecule has 4 heteroatoms. The molecule has 0 spiro atoms. The van der Waals surface area contributed by atoms with E-state index in [0.29, 0.717) is 6.42 Å². The normalized spacial score (nSPS) is 12.6. The Kier molecular flexibility index (Phi) is 4.68. The first-order valence-electron chi connectivity index (χ1n) is 6.60. The van der Waals surface area contributed by atoms with E-state index < -0.39 is 0 Å². The zero-order valence-corrected chi connectivity index (χ0v) is 11.4. The fourth-order valence-electron chi connectivity index (χ4n) is 2.16. The fraction of sp³-hybridized carbons (Fsp3) is 0.400. The predicted octanol–water partition coefficient (Wildman–Crippen LogP) is 2.32. The summed E-state index contributed by atoms with van der Waals surface area (Å²) in [5.41, 5.74) is 1.97. The summed E-state index contributed by atoms with van der Waals surface area (Å²) in [6.07, 6.45) is 3.44. The van der Waals surface area contributed by atoms with Crippen LogP contribution in [0.3, 0.4) is 0 Å². The van der Waals surface area contributed by atoms with Gasteiger partial charge in [-0.15, -0.1) is 0 Å². The van der Waals surface area contributed by atoms with Crippen molar-refractivity contribution in [3.05, 3.63) is 53.6 Å². The molecule has 2 rings (SSSR count). The minimum Gasteiger partial charge on any atom is -0.314 e. The van der Waals surface area contributed by atoms with Gasteiger partial charge in [-0.05, 0) is 31.0 Å². The number of nitrogens with zero attached hydrogens (tertiary/aromatic N) is 2. The van der Waals surface area contributed by atoms with E-state index in [1.54, 1.807) is 12.3 Å². The van der Waals surface area contributed by atoms with Crippen LogP contribution in [-0.4, -0.2) is 22.4 Å². The van der Waals surface area contributed by atoms with Crippen LogP contribution in [0.2, 0.25) is 0 Å². The Balaban J connectivity index is 1.78. The molecule has 0 fully saturated rings. The molecule has 102 valence electrons. The quantitative estimate of drug-likeness (QED) is 0.865. The van der Waals surface area contributed by atoms with E-state index in [-0.39, 0.29) is 11.9 Å². The molecule has 0 bridgehead atoms. The summed E-state index contributed by atoms with van der Waals surface area (Å²) >= 11 is 0. The van der Waals surface area contributed by atoms with Gasteiger partial charge in [0.05, 0.1) is 0 Å². The molecule has 0 saturated carbocycles. The van der Waals surface area contributed by atoms with Gasteiger partial charge in [0.15, 0.2) is 0 Å². The first-order valence-corrected chi connectivity index (χ1v) is 6.60. The lowest BCUT2D eigenvalue weighted by Gasteiger charge is -2.14. The summed E-state index contributed by atoms with van der Waals surface area (Å²) in [7, 11) is 1.94. The topological polar surface area (TPSA) is 29.9 Å². The zero-order chi connectivity index (χ0) is 13.7. The smallest absolute Gasteiger partial charge is 0.126 e. The summed E-state index contributed by atoms with van der Waals surface area (Å²) in [5.74, 6) is -0.122. The maximum atomic E-state index is 13.5. The first-order chi connectivity index (χ1) is 9.16. The standard InChI is InChI=1S/C15H20FN3/c1-12(11-13-5-3-4-6-15(13)16)17-9-7-14-8-10-18-19(14)2/h3-6,8,10,12,17H,7,9,11H2,1-2H3. The number of halogens is 1. The van der Waals surface area contributed by atoms with Crippen molar-refractivity contribution in [3.63, 3.8) is 0 Å². The highest BCUT2D eigenvalue weighted by molar-refractivity contribution is 5.18. The summed E-state index contributed by atoms with van der Waals surface area (Å²) < 4.78 is 15.4. The summed E-state index contributed by atoms with van der Waals surface area (Å²) in [5, 5.41) is 7.55. The van der Waals surface area contributed by atoms with Gasteiger partial charge >= 0.3 is 0 Å². The Hall–Kier alpha value is -1.68. The molecule has 1 aromatic carbocycles. The molecule has 1 N–H and O–H groups in total. The van der Waals surface area contributed by atoms with Crippen molar-refractivity contribution in [3.8, 4) is 0 Å². The van der Waals surface area contributed by atoms with Gasteiger partial charge in [0.25, 0.3) is 0 Å². The number of aryl methyl sites for hydroxylation is 1. The zero-order valence-electron chi connectivity index (χ0n) is 11.4. The molecule has 0 amide bonds. The first kappa shape index (κ1) is 13.7. The highest BCUT2D eigenvalue weighted by Crippen LogP contribution is 2.09. The average molecular weight is 261 g/mol.